The summed E-state index contributed by atoms with van der Waals surface area (Å²) < 4.78 is 0. The van der Waals surface area contributed by atoms with Crippen LogP contribution in [0.4, 0.5) is 11.4 Å². The van der Waals surface area contributed by atoms with Crippen molar-refractivity contribution >= 4 is 29.2 Å². The molecule has 4 rings (SSSR count). The summed E-state index contributed by atoms with van der Waals surface area (Å²) in [5.41, 5.74) is 9.41. The van der Waals surface area contributed by atoms with Gasteiger partial charge in [-0.2, -0.15) is 5.26 Å². The Bertz CT molecular complexity index is 1330. The molecule has 0 bridgehead atoms. The van der Waals surface area contributed by atoms with E-state index in [0.717, 1.165) is 5.69 Å². The van der Waals surface area contributed by atoms with E-state index in [1.54, 1.807) is 65.7 Å². The van der Waals surface area contributed by atoms with Gasteiger partial charge in [-0.25, -0.2) is 0 Å². The van der Waals surface area contributed by atoms with E-state index in [1.807, 2.05) is 6.07 Å². The molecule has 188 valence electrons. The number of rotatable bonds is 7. The lowest BCUT2D eigenvalue weighted by molar-refractivity contribution is -0.137. The number of nitriles is 1. The summed E-state index contributed by atoms with van der Waals surface area (Å²) in [4.78, 5) is 44.8. The second-order valence-corrected chi connectivity index (χ2v) is 8.65. The number of carbonyl (C=O) groups excluding carboxylic acids is 2. The largest absolute Gasteiger partial charge is 0.481 e. The van der Waals surface area contributed by atoms with Gasteiger partial charge in [-0.3, -0.25) is 19.4 Å². The van der Waals surface area contributed by atoms with Gasteiger partial charge in [0.05, 0.1) is 35.5 Å². The molecule has 1 fully saturated rings. The average molecular weight is 499 g/mol. The molecule has 10 heteroatoms. The number of nitrogens with one attached hydrogen (secondary N) is 1. The summed E-state index contributed by atoms with van der Waals surface area (Å²) in [6, 6.07) is 16.3. The molecule has 10 nitrogen and oxygen atoms in total. The third-order valence-corrected chi connectivity index (χ3v) is 6.23. The molecule has 0 saturated carbocycles. The summed E-state index contributed by atoms with van der Waals surface area (Å²) in [6.07, 6.45) is 2.82. The van der Waals surface area contributed by atoms with E-state index in [4.69, 9.17) is 11.0 Å². The summed E-state index contributed by atoms with van der Waals surface area (Å²) in [5, 5.41) is 20.9. The SMILES string of the molecule is N#Cc1ccc(C(=O)N2CCN(c3ccc(C(=O)NC(CC(=O)O)c4cccnc4)cc3N)CC2)cc1. The molecule has 4 N–H and O–H groups in total. The van der Waals surface area contributed by atoms with Crippen molar-refractivity contribution in [1.82, 2.24) is 15.2 Å². The zero-order valence-electron chi connectivity index (χ0n) is 20.0. The first-order valence-electron chi connectivity index (χ1n) is 11.7. The third-order valence-electron chi connectivity index (χ3n) is 6.23. The van der Waals surface area contributed by atoms with Crippen molar-refractivity contribution in [2.75, 3.05) is 36.8 Å². The monoisotopic (exact) mass is 498 g/mol. The zero-order valence-corrected chi connectivity index (χ0v) is 20.0. The minimum Gasteiger partial charge on any atom is -0.481 e. The summed E-state index contributed by atoms with van der Waals surface area (Å²) in [6.45, 7) is 2.14. The number of nitrogens with two attached hydrogens (primary N) is 1. The molecule has 1 aromatic heterocycles. The number of carboxylic acid groups (broad SMARTS) is 1. The van der Waals surface area contributed by atoms with Crippen molar-refractivity contribution in [2.45, 2.75) is 12.5 Å². The lowest BCUT2D eigenvalue weighted by Gasteiger charge is -2.36. The van der Waals surface area contributed by atoms with E-state index in [-0.39, 0.29) is 12.3 Å². The maximum absolute atomic E-state index is 12.9. The number of hydrogen-bond donors (Lipinski definition) is 3. The van der Waals surface area contributed by atoms with Crippen LogP contribution >= 0.6 is 0 Å². The number of aromatic nitrogens is 1. The number of carboxylic acids is 1. The molecule has 1 aliphatic heterocycles. The van der Waals surface area contributed by atoms with Crippen LogP contribution < -0.4 is 16.0 Å². The standard InChI is InChI=1S/C27H26N6O4/c28-16-18-3-5-19(6-4-18)27(37)33-12-10-32(11-13-33)24-8-7-20(14-22(24)29)26(36)31-23(15-25(34)35)21-2-1-9-30-17-21/h1-9,14,17,23H,10-13,15,29H2,(H,31,36)(H,34,35). The number of nitrogen functional groups attached to an aromatic ring is 1. The van der Waals surface area contributed by atoms with Crippen LogP contribution in [-0.2, 0) is 4.79 Å². The highest BCUT2D eigenvalue weighted by Gasteiger charge is 2.24. The molecular weight excluding hydrogens is 472 g/mol. The maximum atomic E-state index is 12.9. The average Bonchev–Trinajstić information content (AvgIpc) is 2.92. The van der Waals surface area contributed by atoms with Crippen molar-refractivity contribution in [3.8, 4) is 6.07 Å². The Balaban J connectivity index is 1.39. The lowest BCUT2D eigenvalue weighted by Crippen LogP contribution is -2.49. The molecule has 2 amide bonds. The van der Waals surface area contributed by atoms with Crippen LogP contribution in [0, 0.1) is 11.3 Å². The third kappa shape index (κ3) is 6.02. The van der Waals surface area contributed by atoms with Crippen LogP contribution in [0.1, 0.15) is 44.3 Å². The van der Waals surface area contributed by atoms with E-state index in [9.17, 15) is 19.5 Å². The minimum absolute atomic E-state index is 0.0892. The number of amides is 2. The number of hydrogen-bond acceptors (Lipinski definition) is 7. The van der Waals surface area contributed by atoms with E-state index in [0.29, 0.717) is 54.1 Å². The van der Waals surface area contributed by atoms with Crippen LogP contribution in [0.3, 0.4) is 0 Å². The normalized spacial score (nSPS) is 13.9. The van der Waals surface area contributed by atoms with E-state index in [1.165, 1.54) is 6.20 Å². The van der Waals surface area contributed by atoms with Crippen LogP contribution in [0.25, 0.3) is 0 Å². The smallest absolute Gasteiger partial charge is 0.305 e. The maximum Gasteiger partial charge on any atom is 0.305 e. The summed E-state index contributed by atoms with van der Waals surface area (Å²) in [5.74, 6) is -1.57. The molecule has 1 atom stereocenters. The molecule has 3 aromatic rings. The van der Waals surface area contributed by atoms with Gasteiger partial charge in [-0.1, -0.05) is 6.07 Å². The number of nitrogens with zero attached hydrogens (tertiary/aromatic N) is 4. The Kier molecular flexibility index (Phi) is 7.64. The highest BCUT2D eigenvalue weighted by molar-refractivity contribution is 5.97. The molecule has 37 heavy (non-hydrogen) atoms. The summed E-state index contributed by atoms with van der Waals surface area (Å²) >= 11 is 0. The zero-order chi connectivity index (χ0) is 26.4. The quantitative estimate of drug-likeness (QED) is 0.420. The van der Waals surface area contributed by atoms with Crippen molar-refractivity contribution in [3.63, 3.8) is 0 Å². The molecule has 2 aromatic carbocycles. The second kappa shape index (κ2) is 11.2. The number of benzene rings is 2. The fraction of sp³-hybridized carbons (Fsp3) is 0.222. The molecule has 0 aliphatic carbocycles. The second-order valence-electron chi connectivity index (χ2n) is 8.65. The highest BCUT2D eigenvalue weighted by Crippen LogP contribution is 2.26. The van der Waals surface area contributed by atoms with Crippen molar-refractivity contribution in [3.05, 3.63) is 89.2 Å². The van der Waals surface area contributed by atoms with Crippen LogP contribution in [0.2, 0.25) is 0 Å². The predicted molar refractivity (Wildman–Crippen MR) is 137 cm³/mol. The number of anilines is 2. The fourth-order valence-corrected chi connectivity index (χ4v) is 4.25. The van der Waals surface area contributed by atoms with Crippen molar-refractivity contribution in [1.29, 1.82) is 5.26 Å². The minimum atomic E-state index is -1.04. The topological polar surface area (TPSA) is 153 Å². The van der Waals surface area contributed by atoms with Crippen LogP contribution in [0.5, 0.6) is 0 Å². The molecule has 0 spiro atoms. The van der Waals surface area contributed by atoms with Gasteiger partial charge in [0, 0.05) is 49.7 Å². The molecule has 1 aliphatic rings. The molecule has 1 saturated heterocycles. The van der Waals surface area contributed by atoms with Gasteiger partial charge in [0.25, 0.3) is 11.8 Å². The Morgan fingerprint density at radius 3 is 2.35 bits per heavy atom. The summed E-state index contributed by atoms with van der Waals surface area (Å²) in [7, 11) is 0. The van der Waals surface area contributed by atoms with Gasteiger partial charge < -0.3 is 26.0 Å². The van der Waals surface area contributed by atoms with Gasteiger partial charge in [-0.05, 0) is 54.1 Å². The first-order chi connectivity index (χ1) is 17.9. The number of pyridine rings is 1. The van der Waals surface area contributed by atoms with Crippen LogP contribution in [0.15, 0.2) is 67.0 Å². The van der Waals surface area contributed by atoms with Gasteiger partial charge in [0.15, 0.2) is 0 Å². The fourth-order valence-electron chi connectivity index (χ4n) is 4.25. The molecule has 0 radical (unpaired) electrons. The lowest BCUT2D eigenvalue weighted by atomic mass is 10.0. The molecular formula is C27H26N6O4. The molecule has 2 heterocycles. The highest BCUT2D eigenvalue weighted by atomic mass is 16.4. The van der Waals surface area contributed by atoms with Crippen molar-refractivity contribution < 1.29 is 19.5 Å². The van der Waals surface area contributed by atoms with Crippen molar-refractivity contribution in [2.24, 2.45) is 0 Å². The first-order valence-corrected chi connectivity index (χ1v) is 11.7. The number of piperazine rings is 1. The van der Waals surface area contributed by atoms with Gasteiger partial charge in [-0.15, -0.1) is 0 Å². The van der Waals surface area contributed by atoms with Gasteiger partial charge >= 0.3 is 5.97 Å². The molecule has 1 unspecified atom stereocenters. The van der Waals surface area contributed by atoms with E-state index in [2.05, 4.69) is 15.2 Å². The Hall–Kier alpha value is -4.91. The predicted octanol–water partition coefficient (Wildman–Crippen LogP) is 2.44. The van der Waals surface area contributed by atoms with Gasteiger partial charge in [0.1, 0.15) is 0 Å². The Labute approximate surface area is 213 Å². The number of carbonyl (C=O) groups is 3. The van der Waals surface area contributed by atoms with Gasteiger partial charge in [0.2, 0.25) is 0 Å². The first kappa shape index (κ1) is 25.2. The number of aliphatic carboxylic acids is 1. The van der Waals surface area contributed by atoms with E-state index >= 15 is 0 Å². The Morgan fingerprint density at radius 2 is 1.76 bits per heavy atom. The Morgan fingerprint density at radius 1 is 1.05 bits per heavy atom. The van der Waals surface area contributed by atoms with E-state index < -0.39 is 17.9 Å². The van der Waals surface area contributed by atoms with Crippen LogP contribution in [-0.4, -0.2) is 59.0 Å².